The third kappa shape index (κ3) is 82.1. The Balaban J connectivity index is 4.02. The SMILES string of the molecule is CC/C=C\C/C=C\C/C=C\C/C=C\C/C=C\C/C=C\C/C=C\C/C=C\C/C=C\CCCCCCCCCCCC(=O)OC(COC(=O)CCCCCCCCCCCCCCCCCCCCCC/C=C\C/C=C\C/C=C\C/C=C\C/C=C\C/C=C\CC)COP(=O)(O)OCC[N+](C)(C)C. The second-order valence-corrected chi connectivity index (χ2v) is 29.1. The molecule has 0 radical (unpaired) electrons. The first kappa shape index (κ1) is 95.1. The lowest BCUT2D eigenvalue weighted by Crippen LogP contribution is -2.37. The van der Waals surface area contributed by atoms with Crippen LogP contribution in [0.1, 0.15) is 322 Å². The Morgan fingerprint density at radius 1 is 0.310 bits per heavy atom. The van der Waals surface area contributed by atoms with Gasteiger partial charge in [0, 0.05) is 12.8 Å². The van der Waals surface area contributed by atoms with Gasteiger partial charge in [-0.05, 0) is 135 Å². The number of allylic oxidation sites excluding steroid dienone is 30. The topological polar surface area (TPSA) is 108 Å². The Bertz CT molecular complexity index is 2350. The molecule has 0 aliphatic carbocycles. The predicted molar refractivity (Wildman–Crippen MR) is 436 cm³/mol. The number of hydrogen-bond donors (Lipinski definition) is 1. The maximum absolute atomic E-state index is 12.9. The van der Waals surface area contributed by atoms with Crippen molar-refractivity contribution in [1.82, 2.24) is 0 Å². The minimum atomic E-state index is -4.41. The molecule has 0 amide bonds. The standard InChI is InChI=1S/C90H150NO8P/c1-6-8-10-12-14-16-18-20-22-24-26-28-30-32-34-36-38-40-42-44-45-47-48-50-52-54-56-58-60-62-64-66-68-70-72-74-76-78-80-82-89(92)96-86-88(87-98-100(94,95)97-85-84-91(3,4)5)99-90(93)83-81-79-77-75-73-71-69-67-65-63-61-59-57-55-53-51-49-46-43-41-39-37-35-33-31-29-27-25-23-21-19-17-15-13-11-9-7-2/h8-11,14-17,20-23,26-29,32-35,38-41,46,49,53,55,59,61,88H,6-7,12-13,18-19,24-25,30-31,36-37,42-45,47-48,50-52,54,56-58,60,62-87H2,1-5H3/p+1/b10-8-,11-9-,16-14-,17-15-,22-20-,23-21-,28-26-,29-27-,34-32-,35-33-,40-38-,41-39-,49-46-,55-53-,61-59-. The lowest BCUT2D eigenvalue weighted by molar-refractivity contribution is -0.870. The third-order valence-corrected chi connectivity index (χ3v) is 17.9. The molecule has 9 nitrogen and oxygen atoms in total. The van der Waals surface area contributed by atoms with Crippen LogP contribution in [0.25, 0.3) is 0 Å². The van der Waals surface area contributed by atoms with Crippen LogP contribution in [-0.4, -0.2) is 74.9 Å². The van der Waals surface area contributed by atoms with Gasteiger partial charge in [-0.3, -0.25) is 18.6 Å². The molecule has 0 spiro atoms. The van der Waals surface area contributed by atoms with Gasteiger partial charge in [-0.15, -0.1) is 0 Å². The summed E-state index contributed by atoms with van der Waals surface area (Å²) in [7, 11) is 1.46. The van der Waals surface area contributed by atoms with E-state index in [1.165, 1.54) is 148 Å². The molecule has 0 fully saturated rings. The van der Waals surface area contributed by atoms with Gasteiger partial charge in [0.25, 0.3) is 0 Å². The second kappa shape index (κ2) is 78.3. The average molecular weight is 1410 g/mol. The highest BCUT2D eigenvalue weighted by Crippen LogP contribution is 2.43. The zero-order valence-electron chi connectivity index (χ0n) is 64.9. The summed E-state index contributed by atoms with van der Waals surface area (Å²) in [5, 5.41) is 0. The van der Waals surface area contributed by atoms with Gasteiger partial charge in [0.1, 0.15) is 19.8 Å². The number of rotatable bonds is 73. The number of likely N-dealkylation sites (N-methyl/N-ethyl adjacent to an activating group) is 1. The summed E-state index contributed by atoms with van der Waals surface area (Å²) in [6.07, 6.45) is 120. The van der Waals surface area contributed by atoms with Crippen molar-refractivity contribution < 1.29 is 42.1 Å². The summed E-state index contributed by atoms with van der Waals surface area (Å²) < 4.78 is 34.8. The van der Waals surface area contributed by atoms with E-state index in [4.69, 9.17) is 18.5 Å². The first-order chi connectivity index (χ1) is 49.0. The molecule has 0 aromatic rings. The van der Waals surface area contributed by atoms with Crippen molar-refractivity contribution in [2.75, 3.05) is 47.5 Å². The van der Waals surface area contributed by atoms with Gasteiger partial charge >= 0.3 is 19.8 Å². The quantitative estimate of drug-likeness (QED) is 0.0211. The second-order valence-electron chi connectivity index (χ2n) is 27.7. The molecule has 10 heteroatoms. The van der Waals surface area contributed by atoms with E-state index < -0.39 is 26.5 Å². The lowest BCUT2D eigenvalue weighted by Gasteiger charge is -2.24. The zero-order chi connectivity index (χ0) is 72.5. The Morgan fingerprint density at radius 2 is 0.540 bits per heavy atom. The van der Waals surface area contributed by atoms with E-state index in [-0.39, 0.29) is 32.0 Å². The van der Waals surface area contributed by atoms with Crippen molar-refractivity contribution in [3.63, 3.8) is 0 Å². The number of carbonyl (C=O) groups excluding carboxylic acids is 2. The van der Waals surface area contributed by atoms with Gasteiger partial charge < -0.3 is 18.9 Å². The maximum Gasteiger partial charge on any atom is 0.472 e. The Kier molecular flexibility index (Phi) is 74.4. The number of unbranched alkanes of at least 4 members (excludes halogenated alkanes) is 29. The smallest absolute Gasteiger partial charge is 0.462 e. The van der Waals surface area contributed by atoms with Crippen LogP contribution < -0.4 is 0 Å². The fraction of sp³-hybridized carbons (Fsp3) is 0.644. The van der Waals surface area contributed by atoms with Crippen LogP contribution in [0.5, 0.6) is 0 Å². The number of quaternary nitrogens is 1. The van der Waals surface area contributed by atoms with Crippen molar-refractivity contribution in [2.24, 2.45) is 0 Å². The van der Waals surface area contributed by atoms with Crippen molar-refractivity contribution in [3.05, 3.63) is 182 Å². The Morgan fingerprint density at radius 3 is 0.800 bits per heavy atom. The van der Waals surface area contributed by atoms with E-state index in [1.54, 1.807) is 0 Å². The van der Waals surface area contributed by atoms with Crippen LogP contribution in [0.15, 0.2) is 182 Å². The van der Waals surface area contributed by atoms with Crippen molar-refractivity contribution in [1.29, 1.82) is 0 Å². The highest BCUT2D eigenvalue weighted by molar-refractivity contribution is 7.47. The van der Waals surface area contributed by atoms with Gasteiger partial charge in [0.2, 0.25) is 0 Å². The molecule has 0 aromatic carbocycles. The summed E-state index contributed by atoms with van der Waals surface area (Å²) in [4.78, 5) is 36.0. The molecular weight excluding hydrogens is 1250 g/mol. The maximum atomic E-state index is 12.9. The van der Waals surface area contributed by atoms with E-state index in [2.05, 4.69) is 196 Å². The number of phosphoric acid groups is 1. The molecule has 568 valence electrons. The molecule has 0 aliphatic rings. The first-order valence-corrected chi connectivity index (χ1v) is 42.0. The molecular formula is C90H151NO8P+. The van der Waals surface area contributed by atoms with Gasteiger partial charge in [0.15, 0.2) is 6.10 Å². The van der Waals surface area contributed by atoms with Crippen molar-refractivity contribution >= 4 is 19.8 Å². The summed E-state index contributed by atoms with van der Waals surface area (Å²) >= 11 is 0. The first-order valence-electron chi connectivity index (χ1n) is 40.5. The van der Waals surface area contributed by atoms with E-state index in [1.807, 2.05) is 21.1 Å². The monoisotopic (exact) mass is 1410 g/mol. The highest BCUT2D eigenvalue weighted by Gasteiger charge is 2.27. The molecule has 2 unspecified atom stereocenters. The molecule has 1 N–H and O–H groups in total. The molecule has 0 rings (SSSR count). The normalized spacial score (nSPS) is 14.0. The molecule has 100 heavy (non-hydrogen) atoms. The minimum absolute atomic E-state index is 0.0238. The van der Waals surface area contributed by atoms with Crippen LogP contribution in [0.4, 0.5) is 0 Å². The molecule has 0 aliphatic heterocycles. The largest absolute Gasteiger partial charge is 0.472 e. The van der Waals surface area contributed by atoms with Crippen LogP contribution >= 0.6 is 7.82 Å². The van der Waals surface area contributed by atoms with E-state index in [9.17, 15) is 19.0 Å². The molecule has 2 atom stereocenters. The fourth-order valence-corrected chi connectivity index (χ4v) is 11.6. The van der Waals surface area contributed by atoms with Gasteiger partial charge in [0.05, 0.1) is 27.7 Å². The fourth-order valence-electron chi connectivity index (χ4n) is 10.8. The summed E-state index contributed by atoms with van der Waals surface area (Å²) in [5.41, 5.74) is 0. The highest BCUT2D eigenvalue weighted by atomic mass is 31.2. The summed E-state index contributed by atoms with van der Waals surface area (Å²) in [6, 6.07) is 0. The van der Waals surface area contributed by atoms with Crippen LogP contribution in [0.3, 0.4) is 0 Å². The van der Waals surface area contributed by atoms with E-state index in [0.717, 1.165) is 141 Å². The molecule has 0 saturated heterocycles. The molecule has 0 heterocycles. The average Bonchev–Trinajstić information content (AvgIpc) is 1.02. The minimum Gasteiger partial charge on any atom is -0.462 e. The summed E-state index contributed by atoms with van der Waals surface area (Å²) in [6.45, 7) is 4.21. The van der Waals surface area contributed by atoms with Crippen molar-refractivity contribution in [3.8, 4) is 0 Å². The number of phosphoric ester groups is 1. The van der Waals surface area contributed by atoms with E-state index in [0.29, 0.717) is 17.4 Å². The Labute approximate surface area is 616 Å². The van der Waals surface area contributed by atoms with Gasteiger partial charge in [-0.1, -0.05) is 357 Å². The number of esters is 2. The van der Waals surface area contributed by atoms with Crippen molar-refractivity contribution in [2.45, 2.75) is 328 Å². The van der Waals surface area contributed by atoms with Crippen LogP contribution in [0.2, 0.25) is 0 Å². The predicted octanol–water partition coefficient (Wildman–Crippen LogP) is 27.4. The lowest BCUT2D eigenvalue weighted by atomic mass is 10.0. The van der Waals surface area contributed by atoms with Crippen LogP contribution in [-0.2, 0) is 32.7 Å². The summed E-state index contributed by atoms with van der Waals surface area (Å²) in [5.74, 6) is -0.804. The molecule has 0 saturated carbocycles. The third-order valence-electron chi connectivity index (χ3n) is 16.9. The number of carbonyl (C=O) groups is 2. The zero-order valence-corrected chi connectivity index (χ0v) is 65.8. The van der Waals surface area contributed by atoms with Crippen LogP contribution in [0, 0.1) is 0 Å². The van der Waals surface area contributed by atoms with Gasteiger partial charge in [-0.2, -0.15) is 0 Å². The van der Waals surface area contributed by atoms with Gasteiger partial charge in [-0.25, -0.2) is 4.57 Å². The number of hydrogen-bond acceptors (Lipinski definition) is 7. The number of ether oxygens (including phenoxy) is 2. The molecule has 0 bridgehead atoms. The molecule has 0 aromatic heterocycles. The van der Waals surface area contributed by atoms with E-state index >= 15 is 0 Å². The number of nitrogens with zero attached hydrogens (tertiary/aromatic N) is 1. The Hall–Kier alpha value is -4.89.